The van der Waals surface area contributed by atoms with Crippen LogP contribution in [0.1, 0.15) is 60.0 Å². The Hall–Kier alpha value is -2.59. The minimum absolute atomic E-state index is 0.0542. The number of benzene rings is 2. The molecule has 0 radical (unpaired) electrons. The van der Waals surface area contributed by atoms with Crippen LogP contribution >= 0.6 is 11.6 Å². The van der Waals surface area contributed by atoms with E-state index in [9.17, 15) is 13.2 Å². The van der Waals surface area contributed by atoms with Crippen LogP contribution < -0.4 is 14.4 Å². The number of allylic oxidation sites excluding steroid dienone is 1. The number of sulfonamides is 1. The van der Waals surface area contributed by atoms with Crippen LogP contribution in [0.2, 0.25) is 5.02 Å². The smallest absolute Gasteiger partial charge is 0.264 e. The van der Waals surface area contributed by atoms with Gasteiger partial charge >= 0.3 is 0 Å². The summed E-state index contributed by atoms with van der Waals surface area (Å²) >= 11 is 6.42. The molecule has 2 aromatic carbocycles. The molecule has 1 N–H and O–H groups in total. The van der Waals surface area contributed by atoms with Crippen LogP contribution in [0.5, 0.6) is 5.75 Å². The zero-order valence-electron chi connectivity index (χ0n) is 25.2. The highest BCUT2D eigenvalue weighted by Crippen LogP contribution is 2.47. The van der Waals surface area contributed by atoms with Crippen LogP contribution in [0, 0.1) is 17.8 Å². The van der Waals surface area contributed by atoms with Crippen molar-refractivity contribution >= 4 is 33.2 Å². The number of hydrogen-bond donors (Lipinski definition) is 1. The summed E-state index contributed by atoms with van der Waals surface area (Å²) in [7, 11) is -2.18. The molecular weight excluding hydrogens is 600 g/mol. The van der Waals surface area contributed by atoms with Crippen molar-refractivity contribution in [2.24, 2.45) is 17.8 Å². The number of rotatable bonds is 1. The lowest BCUT2D eigenvalue weighted by Crippen LogP contribution is -2.49. The fraction of sp³-hybridized carbons (Fsp3) is 0.559. The molecule has 0 aromatic heterocycles. The largest absolute Gasteiger partial charge is 0.490 e. The third-order valence-electron chi connectivity index (χ3n) is 10.7. The number of hydrogen-bond acceptors (Lipinski definition) is 7. The van der Waals surface area contributed by atoms with E-state index in [1.807, 2.05) is 18.2 Å². The van der Waals surface area contributed by atoms with Gasteiger partial charge in [-0.25, -0.2) is 13.1 Å². The van der Waals surface area contributed by atoms with Crippen LogP contribution in [0.3, 0.4) is 0 Å². The number of methoxy groups -OCH3 is 1. The number of amides is 1. The first-order valence-electron chi connectivity index (χ1n) is 15.9. The number of nitrogens with zero attached hydrogens (tertiary/aromatic N) is 1. The van der Waals surface area contributed by atoms with Crippen LogP contribution in [0.4, 0.5) is 5.69 Å². The Bertz CT molecular complexity index is 1560. The molecule has 1 saturated carbocycles. The molecule has 2 bridgehead atoms. The van der Waals surface area contributed by atoms with Crippen molar-refractivity contribution in [2.75, 3.05) is 44.9 Å². The number of ether oxygens (including phenoxy) is 3. The summed E-state index contributed by atoms with van der Waals surface area (Å²) in [5.74, 6) is 0.606. The van der Waals surface area contributed by atoms with E-state index < -0.39 is 21.2 Å². The van der Waals surface area contributed by atoms with E-state index >= 15 is 0 Å². The predicted molar refractivity (Wildman–Crippen MR) is 170 cm³/mol. The molecule has 1 spiro atoms. The van der Waals surface area contributed by atoms with Gasteiger partial charge in [0.05, 0.1) is 30.3 Å². The summed E-state index contributed by atoms with van der Waals surface area (Å²) in [6.45, 7) is 2.75. The van der Waals surface area contributed by atoms with Gasteiger partial charge in [-0.15, -0.1) is 0 Å². The monoisotopic (exact) mass is 640 g/mol. The molecule has 2 aromatic rings. The molecule has 3 heterocycles. The van der Waals surface area contributed by atoms with Crippen molar-refractivity contribution < 1.29 is 27.4 Å². The molecule has 7 rings (SSSR count). The van der Waals surface area contributed by atoms with E-state index in [1.165, 1.54) is 11.1 Å². The van der Waals surface area contributed by atoms with Gasteiger partial charge in [-0.3, -0.25) is 4.79 Å². The number of halogens is 1. The molecule has 1 saturated heterocycles. The Morgan fingerprint density at radius 3 is 2.82 bits per heavy atom. The normalized spacial score (nSPS) is 33.8. The third-order valence-corrected chi connectivity index (χ3v) is 12.9. The average Bonchev–Trinajstić information content (AvgIpc) is 3.15. The summed E-state index contributed by atoms with van der Waals surface area (Å²) in [6.07, 6.45) is 10.2. The Morgan fingerprint density at radius 2 is 2.00 bits per heavy atom. The Labute approximate surface area is 265 Å². The Morgan fingerprint density at radius 1 is 1.11 bits per heavy atom. The van der Waals surface area contributed by atoms with Crippen LogP contribution in [0.25, 0.3) is 0 Å². The van der Waals surface area contributed by atoms with Crippen molar-refractivity contribution in [1.29, 1.82) is 0 Å². The zero-order valence-corrected chi connectivity index (χ0v) is 26.7. The summed E-state index contributed by atoms with van der Waals surface area (Å²) in [5.41, 5.74) is 3.46. The van der Waals surface area contributed by atoms with Crippen molar-refractivity contribution in [3.05, 3.63) is 70.3 Å². The van der Waals surface area contributed by atoms with E-state index in [2.05, 4.69) is 33.9 Å². The van der Waals surface area contributed by atoms with Gasteiger partial charge in [0.1, 0.15) is 5.75 Å². The van der Waals surface area contributed by atoms with Gasteiger partial charge in [-0.05, 0) is 98.2 Å². The maximum absolute atomic E-state index is 13.6. The highest BCUT2D eigenvalue weighted by molar-refractivity contribution is 7.90. The van der Waals surface area contributed by atoms with Gasteiger partial charge in [0.15, 0.2) is 0 Å². The number of carbonyl (C=O) groups is 1. The third kappa shape index (κ3) is 5.54. The molecular formula is C34H41ClN2O6S. The van der Waals surface area contributed by atoms with Crippen LogP contribution in [0.15, 0.2) is 48.6 Å². The maximum atomic E-state index is 13.6. The number of aryl methyl sites for hydroxylation is 1. The average molecular weight is 641 g/mol. The molecule has 8 nitrogen and oxygen atoms in total. The number of fused-ring (bicyclic) bond motifs is 5. The predicted octanol–water partition coefficient (Wildman–Crippen LogP) is 5.28. The Balaban J connectivity index is 1.30. The van der Waals surface area contributed by atoms with Crippen molar-refractivity contribution in [3.63, 3.8) is 0 Å². The molecule has 2 fully saturated rings. The van der Waals surface area contributed by atoms with Crippen LogP contribution in [-0.2, 0) is 31.3 Å². The molecule has 6 atom stereocenters. The quantitative estimate of drug-likeness (QED) is 0.424. The van der Waals surface area contributed by atoms with Gasteiger partial charge in [0.25, 0.3) is 5.91 Å². The van der Waals surface area contributed by atoms with Gasteiger partial charge in [0, 0.05) is 48.7 Å². The van der Waals surface area contributed by atoms with E-state index in [0.717, 1.165) is 55.9 Å². The highest BCUT2D eigenvalue weighted by Gasteiger charge is 2.45. The molecule has 44 heavy (non-hydrogen) atoms. The lowest BCUT2D eigenvalue weighted by molar-refractivity contribution is 0.0129. The van der Waals surface area contributed by atoms with Gasteiger partial charge in [0.2, 0.25) is 10.0 Å². The number of carbonyl (C=O) groups excluding carboxylic acids is 1. The standard InChI is InChI=1S/C34H41ClN2O6S/c1-41-30-6-2-4-25-19-42-15-13-32(25)44(39,40)36-33(38)23-8-12-31-29(17-23)37(18-24-7-10-27(24)30)20-34(21-43-31)14-3-5-22-16-26(35)9-11-28(22)34/h2,6,8-9,11-12,16-17,24-25,27,30,32H,3-5,7,10,13-15,18-21H2,1H3,(H,36,38)/b6-2-/t24-,25+,27+,30-,32+,34-/m0/s1. The summed E-state index contributed by atoms with van der Waals surface area (Å²) in [5, 5.41) is 0.0351. The molecule has 3 aliphatic heterocycles. The molecule has 1 amide bonds. The second-order valence-electron chi connectivity index (χ2n) is 13.3. The molecule has 2 aliphatic carbocycles. The summed E-state index contributed by atoms with van der Waals surface area (Å²) in [6, 6.07) is 11.6. The lowest BCUT2D eigenvalue weighted by Gasteiger charge is -2.46. The number of anilines is 1. The highest BCUT2D eigenvalue weighted by atomic mass is 35.5. The topological polar surface area (TPSA) is 94.2 Å². The van der Waals surface area contributed by atoms with E-state index in [0.29, 0.717) is 55.8 Å². The van der Waals surface area contributed by atoms with E-state index in [-0.39, 0.29) is 17.4 Å². The summed E-state index contributed by atoms with van der Waals surface area (Å²) in [4.78, 5) is 15.9. The minimum atomic E-state index is -3.94. The minimum Gasteiger partial charge on any atom is -0.490 e. The second-order valence-corrected chi connectivity index (χ2v) is 15.6. The lowest BCUT2D eigenvalue weighted by atomic mass is 9.68. The second kappa shape index (κ2) is 12.0. The van der Waals surface area contributed by atoms with Gasteiger partial charge in [-0.1, -0.05) is 29.8 Å². The van der Waals surface area contributed by atoms with Crippen LogP contribution in [-0.4, -0.2) is 65.7 Å². The van der Waals surface area contributed by atoms with Crippen molar-refractivity contribution in [1.82, 2.24) is 4.72 Å². The molecule has 236 valence electrons. The van der Waals surface area contributed by atoms with E-state index in [4.69, 9.17) is 25.8 Å². The van der Waals surface area contributed by atoms with Crippen molar-refractivity contribution in [3.8, 4) is 5.75 Å². The first kappa shape index (κ1) is 30.1. The fourth-order valence-electron chi connectivity index (χ4n) is 8.25. The van der Waals surface area contributed by atoms with Crippen molar-refractivity contribution in [2.45, 2.75) is 61.7 Å². The number of nitrogens with one attached hydrogen (secondary N) is 1. The van der Waals surface area contributed by atoms with Gasteiger partial charge in [-0.2, -0.15) is 0 Å². The molecule has 5 aliphatic rings. The zero-order chi connectivity index (χ0) is 30.5. The van der Waals surface area contributed by atoms with Gasteiger partial charge < -0.3 is 19.1 Å². The SMILES string of the molecule is CO[C@H]1/C=C\C[C@@H]2COCC[C@H]2S(=O)(=O)NC(=O)c2ccc3c(c2)N(C[C@@H]2CC[C@H]21)C[C@@]1(CCCc2cc(Cl)ccc21)CO3. The molecule has 0 unspecified atom stereocenters. The first-order valence-corrected chi connectivity index (χ1v) is 17.8. The Kier molecular flexibility index (Phi) is 8.18. The maximum Gasteiger partial charge on any atom is 0.264 e. The fourth-order valence-corrected chi connectivity index (χ4v) is 10.1. The first-order chi connectivity index (χ1) is 21.3. The van der Waals surface area contributed by atoms with E-state index in [1.54, 1.807) is 13.2 Å². The molecule has 10 heteroatoms. The summed E-state index contributed by atoms with van der Waals surface area (Å²) < 4.78 is 47.8.